The van der Waals surface area contributed by atoms with Gasteiger partial charge in [-0.1, -0.05) is 31.2 Å². The third-order valence-corrected chi connectivity index (χ3v) is 5.69. The number of rotatable bonds is 8. The van der Waals surface area contributed by atoms with Crippen LogP contribution < -0.4 is 10.6 Å². The summed E-state index contributed by atoms with van der Waals surface area (Å²) in [4.78, 5) is 7.20. The second-order valence-electron chi connectivity index (χ2n) is 7.24. The maximum Gasteiger partial charge on any atom is 0.191 e. The van der Waals surface area contributed by atoms with Gasteiger partial charge in [-0.15, -0.1) is 0 Å². The summed E-state index contributed by atoms with van der Waals surface area (Å²) in [5, 5.41) is 11.2. The van der Waals surface area contributed by atoms with E-state index in [1.807, 2.05) is 0 Å². The molecule has 6 heteroatoms. The first-order valence-corrected chi connectivity index (χ1v) is 11.1. The minimum absolute atomic E-state index is 0.467. The summed E-state index contributed by atoms with van der Waals surface area (Å²) in [6.07, 6.45) is 0. The quantitative estimate of drug-likeness (QED) is 0.526. The summed E-state index contributed by atoms with van der Waals surface area (Å²) in [6, 6.07) is 11.0. The van der Waals surface area contributed by atoms with Gasteiger partial charge >= 0.3 is 0 Å². The van der Waals surface area contributed by atoms with Crippen molar-refractivity contribution in [1.29, 1.82) is 0 Å². The standard InChI is InChI=1S/C22H32N4OS/c1-3-23-22(24-14-18(2)21-8-13-28-17-21)25-15-19-4-6-20(7-5-19)16-26-9-11-27-12-10-26/h4-8,13,17-18H,3,9-12,14-16H2,1-2H3,(H2,23,24,25). The summed E-state index contributed by atoms with van der Waals surface area (Å²) in [7, 11) is 0. The second-order valence-corrected chi connectivity index (χ2v) is 8.02. The van der Waals surface area contributed by atoms with Crippen LogP contribution in [-0.2, 0) is 17.8 Å². The summed E-state index contributed by atoms with van der Waals surface area (Å²) < 4.78 is 5.42. The summed E-state index contributed by atoms with van der Waals surface area (Å²) >= 11 is 1.75. The van der Waals surface area contributed by atoms with Crippen molar-refractivity contribution >= 4 is 17.3 Å². The van der Waals surface area contributed by atoms with Crippen LogP contribution in [0.15, 0.2) is 46.1 Å². The lowest BCUT2D eigenvalue weighted by molar-refractivity contribution is 0.0342. The lowest BCUT2D eigenvalue weighted by Crippen LogP contribution is -2.39. The molecule has 1 atom stereocenters. The molecule has 5 nitrogen and oxygen atoms in total. The number of hydrogen-bond donors (Lipinski definition) is 2. The van der Waals surface area contributed by atoms with Gasteiger partial charge < -0.3 is 15.4 Å². The molecule has 152 valence electrons. The fourth-order valence-corrected chi connectivity index (χ4v) is 3.98. The number of ether oxygens (including phenoxy) is 1. The average Bonchev–Trinajstić information content (AvgIpc) is 3.27. The molecule has 0 aliphatic carbocycles. The maximum absolute atomic E-state index is 5.42. The monoisotopic (exact) mass is 400 g/mol. The smallest absolute Gasteiger partial charge is 0.191 e. The van der Waals surface area contributed by atoms with Crippen LogP contribution in [0.2, 0.25) is 0 Å². The van der Waals surface area contributed by atoms with E-state index in [0.29, 0.717) is 12.5 Å². The van der Waals surface area contributed by atoms with Gasteiger partial charge in [0.05, 0.1) is 19.8 Å². The molecule has 0 saturated carbocycles. The minimum Gasteiger partial charge on any atom is -0.379 e. The topological polar surface area (TPSA) is 48.9 Å². The Morgan fingerprint density at radius 3 is 2.57 bits per heavy atom. The Balaban J connectivity index is 1.50. The SMILES string of the molecule is CCNC(=NCc1ccc(CN2CCOCC2)cc1)NCC(C)c1ccsc1. The van der Waals surface area contributed by atoms with Gasteiger partial charge in [0, 0.05) is 32.7 Å². The van der Waals surface area contributed by atoms with Crippen molar-refractivity contribution in [3.05, 3.63) is 57.8 Å². The molecule has 1 aliphatic rings. The highest BCUT2D eigenvalue weighted by Crippen LogP contribution is 2.17. The highest BCUT2D eigenvalue weighted by atomic mass is 32.1. The fraction of sp³-hybridized carbons (Fsp3) is 0.500. The molecule has 1 aromatic heterocycles. The Morgan fingerprint density at radius 1 is 1.14 bits per heavy atom. The molecule has 3 rings (SSSR count). The molecule has 0 radical (unpaired) electrons. The molecule has 0 amide bonds. The zero-order valence-corrected chi connectivity index (χ0v) is 17.8. The Morgan fingerprint density at radius 2 is 1.89 bits per heavy atom. The van der Waals surface area contributed by atoms with E-state index >= 15 is 0 Å². The largest absolute Gasteiger partial charge is 0.379 e. The van der Waals surface area contributed by atoms with Crippen LogP contribution in [0.1, 0.15) is 36.5 Å². The highest BCUT2D eigenvalue weighted by molar-refractivity contribution is 7.07. The van der Waals surface area contributed by atoms with Crippen LogP contribution in [0, 0.1) is 0 Å². The number of aliphatic imine (C=N–C) groups is 1. The number of morpholine rings is 1. The molecule has 2 aromatic rings. The number of guanidine groups is 1. The lowest BCUT2D eigenvalue weighted by Gasteiger charge is -2.26. The zero-order chi connectivity index (χ0) is 19.6. The maximum atomic E-state index is 5.42. The van der Waals surface area contributed by atoms with E-state index in [2.05, 4.69) is 70.5 Å². The van der Waals surface area contributed by atoms with Crippen molar-refractivity contribution in [3.8, 4) is 0 Å². The van der Waals surface area contributed by atoms with Crippen molar-refractivity contribution in [3.63, 3.8) is 0 Å². The molecule has 0 spiro atoms. The Labute approximate surface area is 172 Å². The van der Waals surface area contributed by atoms with Gasteiger partial charge in [0.15, 0.2) is 5.96 Å². The lowest BCUT2D eigenvalue weighted by atomic mass is 10.1. The minimum atomic E-state index is 0.467. The van der Waals surface area contributed by atoms with E-state index < -0.39 is 0 Å². The molecular formula is C22H32N4OS. The van der Waals surface area contributed by atoms with Crippen LogP contribution in [0.3, 0.4) is 0 Å². The van der Waals surface area contributed by atoms with Gasteiger partial charge in [-0.05, 0) is 46.4 Å². The molecule has 1 aliphatic heterocycles. The van der Waals surface area contributed by atoms with Crippen LogP contribution in [0.4, 0.5) is 0 Å². The van der Waals surface area contributed by atoms with E-state index in [1.165, 1.54) is 16.7 Å². The van der Waals surface area contributed by atoms with Crippen LogP contribution in [0.5, 0.6) is 0 Å². The normalized spacial score (nSPS) is 16.7. The number of nitrogens with zero attached hydrogens (tertiary/aromatic N) is 2. The predicted octanol–water partition coefficient (Wildman–Crippen LogP) is 3.44. The zero-order valence-electron chi connectivity index (χ0n) is 17.0. The van der Waals surface area contributed by atoms with Gasteiger partial charge in [0.25, 0.3) is 0 Å². The van der Waals surface area contributed by atoms with Crippen molar-refractivity contribution in [2.75, 3.05) is 39.4 Å². The van der Waals surface area contributed by atoms with E-state index in [4.69, 9.17) is 9.73 Å². The van der Waals surface area contributed by atoms with Crippen molar-refractivity contribution in [2.45, 2.75) is 32.9 Å². The van der Waals surface area contributed by atoms with Crippen molar-refractivity contribution in [1.82, 2.24) is 15.5 Å². The Hall–Kier alpha value is -1.89. The number of nitrogens with one attached hydrogen (secondary N) is 2. The van der Waals surface area contributed by atoms with E-state index in [9.17, 15) is 0 Å². The Kier molecular flexibility index (Phi) is 8.33. The fourth-order valence-electron chi connectivity index (χ4n) is 3.20. The van der Waals surface area contributed by atoms with Crippen LogP contribution >= 0.6 is 11.3 Å². The third-order valence-electron chi connectivity index (χ3n) is 4.98. The number of thiophene rings is 1. The molecule has 0 bridgehead atoms. The highest BCUT2D eigenvalue weighted by Gasteiger charge is 2.10. The number of hydrogen-bond acceptors (Lipinski definition) is 4. The van der Waals surface area contributed by atoms with Gasteiger partial charge in [-0.3, -0.25) is 4.90 Å². The van der Waals surface area contributed by atoms with Gasteiger partial charge in [-0.25, -0.2) is 4.99 Å². The molecule has 2 heterocycles. The first-order valence-electron chi connectivity index (χ1n) is 10.2. The second kappa shape index (κ2) is 11.2. The van der Waals surface area contributed by atoms with Gasteiger partial charge in [0.2, 0.25) is 0 Å². The summed E-state index contributed by atoms with van der Waals surface area (Å²) in [6.45, 7) is 11.5. The number of benzene rings is 1. The first-order chi connectivity index (χ1) is 13.7. The molecule has 1 unspecified atom stereocenters. The van der Waals surface area contributed by atoms with Crippen LogP contribution in [0.25, 0.3) is 0 Å². The van der Waals surface area contributed by atoms with E-state index in [-0.39, 0.29) is 0 Å². The summed E-state index contributed by atoms with van der Waals surface area (Å²) in [5.41, 5.74) is 3.96. The Bertz CT molecular complexity index is 709. The molecule has 1 aromatic carbocycles. The molecule has 28 heavy (non-hydrogen) atoms. The van der Waals surface area contributed by atoms with E-state index in [0.717, 1.165) is 51.9 Å². The molecule has 1 saturated heterocycles. The first kappa shape index (κ1) is 20.8. The molecule has 2 N–H and O–H groups in total. The van der Waals surface area contributed by atoms with Crippen molar-refractivity contribution < 1.29 is 4.74 Å². The predicted molar refractivity (Wildman–Crippen MR) is 118 cm³/mol. The molecule has 1 fully saturated rings. The third kappa shape index (κ3) is 6.62. The molecular weight excluding hydrogens is 368 g/mol. The van der Waals surface area contributed by atoms with E-state index in [1.54, 1.807) is 11.3 Å². The van der Waals surface area contributed by atoms with Gasteiger partial charge in [0.1, 0.15) is 0 Å². The van der Waals surface area contributed by atoms with Crippen LogP contribution in [-0.4, -0.2) is 50.3 Å². The van der Waals surface area contributed by atoms with Crippen molar-refractivity contribution in [2.24, 2.45) is 4.99 Å². The van der Waals surface area contributed by atoms with Gasteiger partial charge in [-0.2, -0.15) is 11.3 Å². The summed E-state index contributed by atoms with van der Waals surface area (Å²) in [5.74, 6) is 1.34. The average molecular weight is 401 g/mol.